The molecule has 0 radical (unpaired) electrons. The van der Waals surface area contributed by atoms with Gasteiger partial charge in [0, 0.05) is 24.1 Å². The lowest BCUT2D eigenvalue weighted by Crippen LogP contribution is -2.18. The topological polar surface area (TPSA) is 72.3 Å². The number of hydrogen-bond donors (Lipinski definition) is 1. The third-order valence-electron chi connectivity index (χ3n) is 3.31. The number of aromatic nitrogens is 2. The zero-order valence-corrected chi connectivity index (χ0v) is 12.9. The SMILES string of the molecule is CCc1nc(C(OC)C(C)C)nc(CC)c1CC(=O)O. The van der Waals surface area contributed by atoms with E-state index >= 15 is 0 Å². The molecule has 0 spiro atoms. The molecule has 0 bridgehead atoms. The molecule has 1 aromatic rings. The highest BCUT2D eigenvalue weighted by molar-refractivity contribution is 5.71. The zero-order valence-electron chi connectivity index (χ0n) is 12.9. The number of aryl methyl sites for hydroxylation is 2. The molecule has 1 N–H and O–H groups in total. The quantitative estimate of drug-likeness (QED) is 0.831. The number of ether oxygens (including phenoxy) is 1. The summed E-state index contributed by atoms with van der Waals surface area (Å²) in [7, 11) is 1.65. The average molecular weight is 280 g/mol. The largest absolute Gasteiger partial charge is 0.481 e. The van der Waals surface area contributed by atoms with E-state index in [1.54, 1.807) is 7.11 Å². The van der Waals surface area contributed by atoms with E-state index in [-0.39, 0.29) is 18.4 Å². The maximum Gasteiger partial charge on any atom is 0.307 e. The fourth-order valence-corrected chi connectivity index (χ4v) is 2.35. The lowest BCUT2D eigenvalue weighted by Gasteiger charge is -2.20. The lowest BCUT2D eigenvalue weighted by molar-refractivity contribution is -0.136. The molecule has 1 atom stereocenters. The van der Waals surface area contributed by atoms with E-state index in [1.165, 1.54) is 0 Å². The summed E-state index contributed by atoms with van der Waals surface area (Å²) in [5.74, 6) is 0.0722. The number of carboxylic acids is 1. The highest BCUT2D eigenvalue weighted by Gasteiger charge is 2.22. The molecule has 1 rings (SSSR count). The molecule has 0 fully saturated rings. The van der Waals surface area contributed by atoms with Crippen LogP contribution >= 0.6 is 0 Å². The fraction of sp³-hybridized carbons (Fsp3) is 0.667. The smallest absolute Gasteiger partial charge is 0.307 e. The Kier molecular flexibility index (Phi) is 6.07. The Morgan fingerprint density at radius 2 is 1.70 bits per heavy atom. The number of hydrogen-bond acceptors (Lipinski definition) is 4. The van der Waals surface area contributed by atoms with E-state index in [2.05, 4.69) is 23.8 Å². The van der Waals surface area contributed by atoms with Crippen LogP contribution in [0, 0.1) is 5.92 Å². The maximum absolute atomic E-state index is 11.0. The van der Waals surface area contributed by atoms with Crippen molar-refractivity contribution in [2.75, 3.05) is 7.11 Å². The summed E-state index contributed by atoms with van der Waals surface area (Å²) < 4.78 is 5.48. The van der Waals surface area contributed by atoms with Gasteiger partial charge in [-0.1, -0.05) is 27.7 Å². The Labute approximate surface area is 120 Å². The second-order valence-electron chi connectivity index (χ2n) is 5.13. The second-order valence-corrected chi connectivity index (χ2v) is 5.13. The number of aliphatic carboxylic acids is 1. The molecule has 1 aromatic heterocycles. The maximum atomic E-state index is 11.0. The first kappa shape index (κ1) is 16.6. The molecule has 5 heteroatoms. The van der Waals surface area contributed by atoms with Crippen LogP contribution in [0.5, 0.6) is 0 Å². The molecule has 0 aliphatic rings. The second kappa shape index (κ2) is 7.33. The Morgan fingerprint density at radius 1 is 1.20 bits per heavy atom. The molecule has 1 unspecified atom stereocenters. The molecule has 112 valence electrons. The molecular formula is C15H24N2O3. The first-order valence-electron chi connectivity index (χ1n) is 7.07. The van der Waals surface area contributed by atoms with Gasteiger partial charge in [-0.2, -0.15) is 0 Å². The van der Waals surface area contributed by atoms with Gasteiger partial charge in [-0.3, -0.25) is 4.79 Å². The number of carbonyl (C=O) groups is 1. The third-order valence-corrected chi connectivity index (χ3v) is 3.31. The van der Waals surface area contributed by atoms with Crippen molar-refractivity contribution in [3.05, 3.63) is 22.8 Å². The normalized spacial score (nSPS) is 12.7. The number of methoxy groups -OCH3 is 1. The van der Waals surface area contributed by atoms with Gasteiger partial charge in [0.05, 0.1) is 6.42 Å². The van der Waals surface area contributed by atoms with E-state index in [4.69, 9.17) is 9.84 Å². The third kappa shape index (κ3) is 3.76. The van der Waals surface area contributed by atoms with Crippen molar-refractivity contribution in [2.24, 2.45) is 5.92 Å². The molecule has 0 saturated carbocycles. The van der Waals surface area contributed by atoms with Crippen LogP contribution in [0.1, 0.15) is 56.6 Å². The summed E-state index contributed by atoms with van der Waals surface area (Å²) in [6.07, 6.45) is 1.20. The minimum Gasteiger partial charge on any atom is -0.481 e. The van der Waals surface area contributed by atoms with Crippen LogP contribution in [0.25, 0.3) is 0 Å². The predicted octanol–water partition coefficient (Wildman–Crippen LogP) is 2.57. The Hall–Kier alpha value is -1.49. The van der Waals surface area contributed by atoms with Crippen molar-refractivity contribution in [2.45, 2.75) is 53.1 Å². The van der Waals surface area contributed by atoms with Gasteiger partial charge in [-0.15, -0.1) is 0 Å². The summed E-state index contributed by atoms with van der Waals surface area (Å²) in [5.41, 5.74) is 2.39. The Bertz CT molecular complexity index is 447. The molecule has 5 nitrogen and oxygen atoms in total. The summed E-state index contributed by atoms with van der Waals surface area (Å²) in [6, 6.07) is 0. The van der Waals surface area contributed by atoms with E-state index < -0.39 is 5.97 Å². The molecule has 0 aliphatic carbocycles. The predicted molar refractivity (Wildman–Crippen MR) is 76.7 cm³/mol. The van der Waals surface area contributed by atoms with Crippen molar-refractivity contribution in [3.8, 4) is 0 Å². The van der Waals surface area contributed by atoms with Crippen LogP contribution in [0.2, 0.25) is 0 Å². The summed E-state index contributed by atoms with van der Waals surface area (Å²) >= 11 is 0. The summed E-state index contributed by atoms with van der Waals surface area (Å²) in [4.78, 5) is 20.1. The number of nitrogens with zero attached hydrogens (tertiary/aromatic N) is 2. The molecule has 20 heavy (non-hydrogen) atoms. The van der Waals surface area contributed by atoms with Crippen LogP contribution in [0.4, 0.5) is 0 Å². The van der Waals surface area contributed by atoms with Gasteiger partial charge < -0.3 is 9.84 Å². The first-order chi connectivity index (χ1) is 9.44. The molecule has 1 heterocycles. The molecular weight excluding hydrogens is 256 g/mol. The van der Waals surface area contributed by atoms with Crippen molar-refractivity contribution >= 4 is 5.97 Å². The first-order valence-corrected chi connectivity index (χ1v) is 7.07. The van der Waals surface area contributed by atoms with Crippen molar-refractivity contribution in [3.63, 3.8) is 0 Å². The zero-order chi connectivity index (χ0) is 15.3. The summed E-state index contributed by atoms with van der Waals surface area (Å²) in [5, 5.41) is 9.04. The Morgan fingerprint density at radius 3 is 2.00 bits per heavy atom. The number of carboxylic acid groups (broad SMARTS) is 1. The average Bonchev–Trinajstić information content (AvgIpc) is 2.39. The molecule has 0 amide bonds. The van der Waals surface area contributed by atoms with Gasteiger partial charge in [0.15, 0.2) is 5.82 Å². The van der Waals surface area contributed by atoms with Crippen molar-refractivity contribution in [1.82, 2.24) is 9.97 Å². The molecule has 0 saturated heterocycles. The number of rotatable bonds is 7. The fourth-order valence-electron chi connectivity index (χ4n) is 2.35. The van der Waals surface area contributed by atoms with Gasteiger partial charge in [0.25, 0.3) is 0 Å². The highest BCUT2D eigenvalue weighted by Crippen LogP contribution is 2.24. The monoisotopic (exact) mass is 280 g/mol. The molecule has 0 aromatic carbocycles. The van der Waals surface area contributed by atoms with E-state index in [0.29, 0.717) is 18.7 Å². The van der Waals surface area contributed by atoms with Crippen LogP contribution in [-0.4, -0.2) is 28.2 Å². The van der Waals surface area contributed by atoms with E-state index in [9.17, 15) is 4.79 Å². The van der Waals surface area contributed by atoms with Crippen LogP contribution in [-0.2, 0) is 28.8 Å². The van der Waals surface area contributed by atoms with Crippen LogP contribution in [0.15, 0.2) is 0 Å². The standard InChI is InChI=1S/C15H24N2O3/c1-6-11-10(8-13(18)19)12(7-2)17-15(16-11)14(20-5)9(3)4/h9,14H,6-8H2,1-5H3,(H,18,19). The van der Waals surface area contributed by atoms with Crippen LogP contribution in [0.3, 0.4) is 0 Å². The highest BCUT2D eigenvalue weighted by atomic mass is 16.5. The summed E-state index contributed by atoms with van der Waals surface area (Å²) in [6.45, 7) is 8.07. The molecule has 0 aliphatic heterocycles. The van der Waals surface area contributed by atoms with Crippen molar-refractivity contribution in [1.29, 1.82) is 0 Å². The van der Waals surface area contributed by atoms with Gasteiger partial charge in [0.1, 0.15) is 6.10 Å². The minimum atomic E-state index is -0.849. The van der Waals surface area contributed by atoms with Gasteiger partial charge in [-0.05, 0) is 18.8 Å². The van der Waals surface area contributed by atoms with E-state index in [0.717, 1.165) is 17.0 Å². The van der Waals surface area contributed by atoms with Gasteiger partial charge in [0.2, 0.25) is 0 Å². The minimum absolute atomic E-state index is 0.0219. The van der Waals surface area contributed by atoms with E-state index in [1.807, 2.05) is 13.8 Å². The lowest BCUT2D eigenvalue weighted by atomic mass is 10.0. The van der Waals surface area contributed by atoms with Crippen LogP contribution < -0.4 is 0 Å². The van der Waals surface area contributed by atoms with Gasteiger partial charge in [-0.25, -0.2) is 9.97 Å². The Balaban J connectivity index is 3.34. The van der Waals surface area contributed by atoms with Crippen molar-refractivity contribution < 1.29 is 14.6 Å². The van der Waals surface area contributed by atoms with Gasteiger partial charge >= 0.3 is 5.97 Å².